The molecule has 25 unspecified atom stereocenters. The van der Waals surface area contributed by atoms with Crippen LogP contribution in [0.5, 0.6) is 0 Å². The van der Waals surface area contributed by atoms with Crippen molar-refractivity contribution in [2.75, 3.05) is 26.4 Å². The lowest BCUT2D eigenvalue weighted by atomic mass is 9.93. The number of rotatable bonds is 48. The van der Waals surface area contributed by atoms with Crippen LogP contribution in [0.4, 0.5) is 0 Å². The Balaban J connectivity index is 1.84. The summed E-state index contributed by atoms with van der Waals surface area (Å²) in [5, 5.41) is 50.5. The zero-order chi connectivity index (χ0) is 93.4. The van der Waals surface area contributed by atoms with E-state index in [1.54, 1.807) is 6.92 Å². The molecule has 60 heteroatoms. The molecular formula is C64H97N3O52S5. The number of carboxylic acid groups (broad SMARTS) is 3. The van der Waals surface area contributed by atoms with Crippen molar-refractivity contribution in [1.82, 2.24) is 16.0 Å². The molecule has 55 nitrogen and oxygen atoms in total. The average molecular weight is 1900 g/mol. The van der Waals surface area contributed by atoms with E-state index in [0.717, 1.165) is 13.8 Å². The smallest absolute Gasteiger partial charge is 0.397 e. The van der Waals surface area contributed by atoms with Gasteiger partial charge in [-0.15, -0.1) is 0 Å². The van der Waals surface area contributed by atoms with E-state index in [-0.39, 0.29) is 51.0 Å². The van der Waals surface area contributed by atoms with E-state index in [1.807, 2.05) is 0 Å². The number of aliphatic hydroxyl groups excluding tert-OH is 1. The number of hydrogen-bond donors (Lipinski definition) is 12. The summed E-state index contributed by atoms with van der Waals surface area (Å²) in [6.07, 6.45) is -64.5. The van der Waals surface area contributed by atoms with Gasteiger partial charge < -0.3 is 112 Å². The first kappa shape index (κ1) is 107. The van der Waals surface area contributed by atoms with Crippen LogP contribution in [0.1, 0.15) is 139 Å². The van der Waals surface area contributed by atoms with Crippen molar-refractivity contribution in [3.63, 3.8) is 0 Å². The van der Waals surface area contributed by atoms with Crippen molar-refractivity contribution in [2.24, 2.45) is 0 Å². The molecule has 124 heavy (non-hydrogen) atoms. The van der Waals surface area contributed by atoms with E-state index in [1.165, 1.54) is 34.6 Å². The minimum atomic E-state index is -6.27. The normalized spacial score (nSPS) is 30.7. The van der Waals surface area contributed by atoms with Crippen LogP contribution < -0.4 is 16.0 Å². The number of aliphatic carboxylic acids is 3. The van der Waals surface area contributed by atoms with Crippen molar-refractivity contribution in [3.05, 3.63) is 11.8 Å². The van der Waals surface area contributed by atoms with Gasteiger partial charge in [0, 0.05) is 59.3 Å². The van der Waals surface area contributed by atoms with Crippen molar-refractivity contribution in [2.45, 2.75) is 293 Å². The highest BCUT2D eigenvalue weighted by molar-refractivity contribution is 7.81. The van der Waals surface area contributed by atoms with Crippen LogP contribution in [0.3, 0.4) is 0 Å². The van der Waals surface area contributed by atoms with Crippen LogP contribution in [-0.4, -0.2) is 336 Å². The highest BCUT2D eigenvalue weighted by atomic mass is 32.3. The Bertz CT molecular complexity index is 4340. The number of esters is 6. The Morgan fingerprint density at radius 1 is 0.339 bits per heavy atom. The van der Waals surface area contributed by atoms with E-state index in [0.29, 0.717) is 6.92 Å². The number of aliphatic hydroxyl groups is 1. The van der Waals surface area contributed by atoms with Gasteiger partial charge in [0.2, 0.25) is 24.0 Å². The molecule has 0 aromatic carbocycles. The monoisotopic (exact) mass is 1900 g/mol. The molecule has 0 spiro atoms. The molecule has 5 aliphatic heterocycles. The first-order valence-electron chi connectivity index (χ1n) is 37.4. The number of carbonyl (C=O) groups excluding carboxylic acids is 9. The maximum Gasteiger partial charge on any atom is 0.397 e. The molecule has 0 aromatic heterocycles. The van der Waals surface area contributed by atoms with Crippen molar-refractivity contribution in [3.8, 4) is 0 Å². The van der Waals surface area contributed by atoms with E-state index >= 15 is 0 Å². The summed E-state index contributed by atoms with van der Waals surface area (Å²) in [7, 11) is -29.7. The zero-order valence-corrected chi connectivity index (χ0v) is 71.0. The largest absolute Gasteiger partial charge is 0.479 e. The lowest BCUT2D eigenvalue weighted by molar-refractivity contribution is -0.373. The minimum absolute atomic E-state index is 0.0373. The van der Waals surface area contributed by atoms with Crippen LogP contribution in [0.15, 0.2) is 11.8 Å². The maximum atomic E-state index is 14.2. The highest BCUT2D eigenvalue weighted by Gasteiger charge is 2.64. The number of ether oxygens (including phenoxy) is 16. The summed E-state index contributed by atoms with van der Waals surface area (Å²) in [5.74, 6) is -18.9. The summed E-state index contributed by atoms with van der Waals surface area (Å²) in [4.78, 5) is 162. The predicted molar refractivity (Wildman–Crippen MR) is 389 cm³/mol. The third kappa shape index (κ3) is 34.0. The van der Waals surface area contributed by atoms with Crippen molar-refractivity contribution < 1.29 is 240 Å². The standard InChI is InChI=1S/C64H97N3O52S5/c1-10-16-35(73)99-23-30(22-34(71)72)103-60-42(66-28(8)69)48(108-37(75)18-12-3)45(32(105-60)25-101-121(87,88)89)112-63-57(119-124(96,97)98)53(111-40(78)21-15-6)51(55(117-63)59(82)83)115-62-43(67-29(9)70)49(109-38(76)19-13-4)46(33(106-62)26-102-122(90,91)92)113-64-56(118-123(93,94)95)52(110-39(77)20-14-5)50(54(116-64)58(80)81)114-61-41(65-27(7)68)47(107-36(74)17-11-2)44(79)31(104-61)24-100-120(84,85)86/h22,31-33,41-57,60-64,79H,10-21,23-26H2,1-9H3,(H,65,68)(H,66,69)(H,67,70)(H,71,72)(H,80,81)(H,82,83)(H,84,85,86)(H,87,88,89)(H,90,91,92)(H,93,94,95)(H,96,97,98)/b30-22+. The molecule has 0 saturated carbocycles. The average Bonchev–Trinajstić information content (AvgIpc) is 0.748. The van der Waals surface area contributed by atoms with Crippen LogP contribution in [0.2, 0.25) is 0 Å². The summed E-state index contributed by atoms with van der Waals surface area (Å²) >= 11 is 0. The molecule has 0 aliphatic carbocycles. The quantitative estimate of drug-likeness (QED) is 0.00906. The SMILES string of the molecule is CCCC(=O)OC/C(=C\C(=O)O)OC1OC(COS(=O)(=O)O)C(OC2OC(C(=O)O)C(OC3OC(COS(=O)(=O)O)C(OC4OC(C(=O)O)C(OC5OC(COS(=O)(=O)O)C(O)C(OC(=O)CCC)C5NC(C)=O)C(OC(=O)CCC)C4OS(=O)(=O)O)C(OC(=O)CCC)C3NC(C)=O)C(OC(=O)CCC)C2OS(=O)(=O)O)C(OC(=O)CCC)C1NC(C)=O. The van der Waals surface area contributed by atoms with Gasteiger partial charge in [-0.2, -0.15) is 42.1 Å². The van der Waals surface area contributed by atoms with Gasteiger partial charge in [-0.25, -0.2) is 35.3 Å². The predicted octanol–water partition coefficient (Wildman–Crippen LogP) is -4.08. The summed E-state index contributed by atoms with van der Waals surface area (Å²) in [6, 6.07) is -6.97. The van der Waals surface area contributed by atoms with Gasteiger partial charge >= 0.3 is 106 Å². The fraction of sp³-hybridized carbons (Fsp3) is 0.781. The Morgan fingerprint density at radius 3 is 0.944 bits per heavy atom. The second kappa shape index (κ2) is 47.8. The molecular weight excluding hydrogens is 1800 g/mol. The topological polar surface area (TPSA) is 788 Å². The minimum Gasteiger partial charge on any atom is -0.479 e. The lowest BCUT2D eigenvalue weighted by Gasteiger charge is -2.51. The molecule has 5 aliphatic rings. The van der Waals surface area contributed by atoms with Crippen molar-refractivity contribution >= 4 is 123 Å². The van der Waals surface area contributed by atoms with Crippen LogP contribution >= 0.6 is 0 Å². The number of carbonyl (C=O) groups is 12. The summed E-state index contributed by atoms with van der Waals surface area (Å²) in [6.45, 7) is 4.72. The number of carboxylic acids is 3. The molecule has 3 amide bonds. The number of amides is 3. The summed E-state index contributed by atoms with van der Waals surface area (Å²) < 4.78 is 295. The van der Waals surface area contributed by atoms with Gasteiger partial charge in [0.1, 0.15) is 79.3 Å². The zero-order valence-electron chi connectivity index (χ0n) is 66.9. The van der Waals surface area contributed by atoms with E-state index in [2.05, 4.69) is 28.5 Å². The molecule has 0 radical (unpaired) electrons. The Morgan fingerprint density at radius 2 is 0.629 bits per heavy atom. The Kier molecular flexibility index (Phi) is 41.1. The molecule has 5 heterocycles. The van der Waals surface area contributed by atoms with Gasteiger partial charge in [-0.3, -0.25) is 65.9 Å². The molecule has 5 saturated heterocycles. The molecule has 25 atom stereocenters. The van der Waals surface area contributed by atoms with Gasteiger partial charge in [0.05, 0.1) is 25.9 Å². The Labute approximate surface area is 706 Å². The number of nitrogens with one attached hydrogen (secondary N) is 3. The van der Waals surface area contributed by atoms with Gasteiger partial charge in [0.15, 0.2) is 80.1 Å². The fourth-order valence-corrected chi connectivity index (χ4v) is 14.5. The van der Waals surface area contributed by atoms with Crippen LogP contribution in [0, 0.1) is 0 Å². The second-order valence-corrected chi connectivity index (χ2v) is 32.7. The molecule has 0 aromatic rings. The molecule has 12 N–H and O–H groups in total. The third-order valence-electron chi connectivity index (χ3n) is 17.3. The fourth-order valence-electron chi connectivity index (χ4n) is 12.6. The molecule has 5 fully saturated rings. The second-order valence-electron chi connectivity index (χ2n) is 27.3. The van der Waals surface area contributed by atoms with Gasteiger partial charge in [-0.05, 0) is 38.5 Å². The highest BCUT2D eigenvalue weighted by Crippen LogP contribution is 2.42. The van der Waals surface area contributed by atoms with Crippen molar-refractivity contribution in [1.29, 1.82) is 0 Å². The lowest BCUT2D eigenvalue weighted by Crippen LogP contribution is -2.72. The summed E-state index contributed by atoms with van der Waals surface area (Å²) in [5.41, 5.74) is 0. The first-order chi connectivity index (χ1) is 57.6. The molecule has 0 bridgehead atoms. The third-order valence-corrected chi connectivity index (χ3v) is 19.5. The Hall–Kier alpha value is -7.87. The maximum absolute atomic E-state index is 14.2. The van der Waals surface area contributed by atoms with E-state index in [4.69, 9.17) is 84.2 Å². The van der Waals surface area contributed by atoms with Crippen LogP contribution in [0.25, 0.3) is 0 Å². The molecule has 710 valence electrons. The van der Waals surface area contributed by atoms with E-state index < -0.39 is 341 Å². The number of hydrogen-bond acceptors (Lipinski definition) is 44. The first-order valence-corrected chi connectivity index (χ1v) is 44.2. The van der Waals surface area contributed by atoms with Gasteiger partial charge in [-0.1, -0.05) is 41.5 Å². The van der Waals surface area contributed by atoms with E-state index in [9.17, 15) is 143 Å². The molecule has 5 rings (SSSR count). The van der Waals surface area contributed by atoms with Gasteiger partial charge in [0.25, 0.3) is 0 Å². The van der Waals surface area contributed by atoms with Crippen LogP contribution in [-0.2, 0) is 206 Å².